The third-order valence-corrected chi connectivity index (χ3v) is 3.80. The number of aromatic nitrogens is 4. The zero-order chi connectivity index (χ0) is 12.7. The van der Waals surface area contributed by atoms with Crippen molar-refractivity contribution in [1.29, 1.82) is 0 Å². The molecule has 0 radical (unpaired) electrons. The molecular formula is C9H11N5O3S. The highest BCUT2D eigenvalue weighted by atomic mass is 32.2. The number of H-pyrrole nitrogens is 1. The molecule has 0 spiro atoms. The average Bonchev–Trinajstić information content (AvgIpc) is 2.93. The Kier molecular flexibility index (Phi) is 2.73. The third-order valence-electron chi connectivity index (χ3n) is 2.67. The van der Waals surface area contributed by atoms with Crippen molar-refractivity contribution in [2.75, 3.05) is 18.1 Å². The lowest BCUT2D eigenvalue weighted by Gasteiger charge is -2.08. The second kappa shape index (κ2) is 4.26. The molecule has 0 aromatic carbocycles. The number of nitrogens with two attached hydrogens (primary N) is 1. The van der Waals surface area contributed by atoms with Gasteiger partial charge in [-0.3, -0.25) is 4.98 Å². The number of anilines is 1. The molecular weight excluding hydrogens is 258 g/mol. The highest BCUT2D eigenvalue weighted by Crippen LogP contribution is 2.35. The molecule has 3 rings (SSSR count). The van der Waals surface area contributed by atoms with Crippen LogP contribution in [-0.4, -0.2) is 42.5 Å². The van der Waals surface area contributed by atoms with Gasteiger partial charge < -0.3 is 15.6 Å². The van der Waals surface area contributed by atoms with Crippen LogP contribution in [0.15, 0.2) is 11.0 Å². The molecule has 2 unspecified atom stereocenters. The number of aromatic amines is 1. The lowest BCUT2D eigenvalue weighted by molar-refractivity contribution is 0.0350. The Morgan fingerprint density at radius 2 is 2.56 bits per heavy atom. The smallest absolute Gasteiger partial charge is 0.350 e. The largest absolute Gasteiger partial charge is 0.393 e. The number of hydrogen-bond donors (Lipinski definition) is 3. The van der Waals surface area contributed by atoms with E-state index in [0.29, 0.717) is 17.0 Å². The maximum Gasteiger partial charge on any atom is 0.350 e. The molecule has 0 amide bonds. The Labute approximate surface area is 105 Å². The molecule has 3 heterocycles. The number of thioether (sulfide) groups is 1. The normalized spacial score (nSPS) is 23.8. The quantitative estimate of drug-likeness (QED) is 0.648. The van der Waals surface area contributed by atoms with Gasteiger partial charge in [-0.1, -0.05) is 0 Å². The van der Waals surface area contributed by atoms with Crippen molar-refractivity contribution in [3.8, 4) is 0 Å². The molecule has 9 heteroatoms. The Morgan fingerprint density at radius 1 is 1.72 bits per heavy atom. The van der Waals surface area contributed by atoms with Gasteiger partial charge in [0, 0.05) is 11.3 Å². The standard InChI is InChI=1S/C9H11N5O3S/c10-8-12-7-4(1-11-14(7)9(16)13-8)5-3-18-6(2-15)17-5/h1,5-6,15H,2-3H2,(H3,10,12,13,16). The van der Waals surface area contributed by atoms with Gasteiger partial charge in [-0.25, -0.2) is 4.79 Å². The second-order valence-electron chi connectivity index (χ2n) is 3.83. The Morgan fingerprint density at radius 3 is 3.28 bits per heavy atom. The predicted octanol–water partition coefficient (Wildman–Crippen LogP) is -0.877. The number of aliphatic hydroxyl groups excluding tert-OH is 1. The molecule has 96 valence electrons. The molecule has 0 saturated carbocycles. The minimum Gasteiger partial charge on any atom is -0.393 e. The summed E-state index contributed by atoms with van der Waals surface area (Å²) in [6, 6.07) is 0. The third kappa shape index (κ3) is 1.76. The number of fused-ring (bicyclic) bond motifs is 1. The summed E-state index contributed by atoms with van der Waals surface area (Å²) in [5.41, 5.74) is 5.92. The highest BCUT2D eigenvalue weighted by Gasteiger charge is 2.29. The topological polar surface area (TPSA) is 119 Å². The molecule has 1 aliphatic rings. The van der Waals surface area contributed by atoms with Gasteiger partial charge in [0.1, 0.15) is 5.44 Å². The minimum absolute atomic E-state index is 0.0404. The summed E-state index contributed by atoms with van der Waals surface area (Å²) < 4.78 is 6.75. The number of nitrogens with zero attached hydrogens (tertiary/aromatic N) is 3. The van der Waals surface area contributed by atoms with E-state index in [-0.39, 0.29) is 24.1 Å². The molecule has 1 aliphatic heterocycles. The summed E-state index contributed by atoms with van der Waals surface area (Å²) in [7, 11) is 0. The summed E-state index contributed by atoms with van der Waals surface area (Å²) in [5.74, 6) is 0.722. The first-order valence-electron chi connectivity index (χ1n) is 5.30. The number of ether oxygens (including phenoxy) is 1. The maximum atomic E-state index is 11.6. The van der Waals surface area contributed by atoms with Crippen LogP contribution in [-0.2, 0) is 4.74 Å². The Balaban J connectivity index is 2.05. The van der Waals surface area contributed by atoms with E-state index in [2.05, 4.69) is 15.1 Å². The van der Waals surface area contributed by atoms with Crippen LogP contribution in [0, 0.1) is 0 Å². The molecule has 1 saturated heterocycles. The summed E-state index contributed by atoms with van der Waals surface area (Å²) >= 11 is 1.51. The Hall–Kier alpha value is -1.58. The Bertz CT molecular complexity index is 639. The molecule has 18 heavy (non-hydrogen) atoms. The van der Waals surface area contributed by atoms with Crippen molar-refractivity contribution in [1.82, 2.24) is 19.6 Å². The summed E-state index contributed by atoms with van der Waals surface area (Å²) in [6.07, 6.45) is 1.31. The fourth-order valence-corrected chi connectivity index (χ4v) is 2.83. The molecule has 1 fully saturated rings. The van der Waals surface area contributed by atoms with Gasteiger partial charge in [-0.2, -0.15) is 14.6 Å². The van der Waals surface area contributed by atoms with Gasteiger partial charge in [0.05, 0.1) is 18.9 Å². The van der Waals surface area contributed by atoms with Crippen LogP contribution in [0.4, 0.5) is 5.95 Å². The first kappa shape index (κ1) is 11.5. The molecule has 4 N–H and O–H groups in total. The van der Waals surface area contributed by atoms with Crippen LogP contribution < -0.4 is 11.4 Å². The van der Waals surface area contributed by atoms with E-state index in [1.807, 2.05) is 0 Å². The van der Waals surface area contributed by atoms with Gasteiger partial charge >= 0.3 is 5.69 Å². The molecule has 2 aromatic rings. The van der Waals surface area contributed by atoms with Crippen LogP contribution in [0.3, 0.4) is 0 Å². The van der Waals surface area contributed by atoms with Crippen LogP contribution >= 0.6 is 11.8 Å². The maximum absolute atomic E-state index is 11.6. The summed E-state index contributed by atoms with van der Waals surface area (Å²) in [6.45, 7) is -0.0451. The molecule has 0 aliphatic carbocycles. The van der Waals surface area contributed by atoms with Crippen LogP contribution in [0.5, 0.6) is 0 Å². The van der Waals surface area contributed by atoms with Crippen LogP contribution in [0.25, 0.3) is 5.65 Å². The van der Waals surface area contributed by atoms with Crippen molar-refractivity contribution in [2.45, 2.75) is 11.5 Å². The van der Waals surface area contributed by atoms with Crippen molar-refractivity contribution >= 4 is 23.4 Å². The van der Waals surface area contributed by atoms with E-state index in [0.717, 1.165) is 4.52 Å². The monoisotopic (exact) mass is 269 g/mol. The summed E-state index contributed by atoms with van der Waals surface area (Å²) in [4.78, 5) is 18.0. The fraction of sp³-hybridized carbons (Fsp3) is 0.444. The number of nitrogens with one attached hydrogen (secondary N) is 1. The van der Waals surface area contributed by atoms with Gasteiger partial charge in [0.2, 0.25) is 5.95 Å². The number of aliphatic hydroxyl groups is 1. The van der Waals surface area contributed by atoms with Gasteiger partial charge in [0.15, 0.2) is 5.65 Å². The van der Waals surface area contributed by atoms with Gasteiger partial charge in [-0.05, 0) is 0 Å². The zero-order valence-electron chi connectivity index (χ0n) is 9.24. The predicted molar refractivity (Wildman–Crippen MR) is 65.2 cm³/mol. The van der Waals surface area contributed by atoms with E-state index in [4.69, 9.17) is 15.6 Å². The lowest BCUT2D eigenvalue weighted by Crippen LogP contribution is -2.20. The first-order valence-corrected chi connectivity index (χ1v) is 6.35. The summed E-state index contributed by atoms with van der Waals surface area (Å²) in [5, 5.41) is 13.0. The van der Waals surface area contributed by atoms with Crippen molar-refractivity contribution in [2.24, 2.45) is 0 Å². The molecule has 2 atom stereocenters. The molecule has 8 nitrogen and oxygen atoms in total. The number of rotatable bonds is 2. The number of hydrogen-bond acceptors (Lipinski definition) is 7. The molecule has 2 aromatic heterocycles. The van der Waals surface area contributed by atoms with E-state index in [1.54, 1.807) is 6.20 Å². The highest BCUT2D eigenvalue weighted by molar-refractivity contribution is 8.00. The van der Waals surface area contributed by atoms with E-state index in [1.165, 1.54) is 11.8 Å². The van der Waals surface area contributed by atoms with Crippen molar-refractivity contribution in [3.63, 3.8) is 0 Å². The average molecular weight is 269 g/mol. The minimum atomic E-state index is -0.437. The van der Waals surface area contributed by atoms with Crippen molar-refractivity contribution in [3.05, 3.63) is 22.2 Å². The zero-order valence-corrected chi connectivity index (χ0v) is 10.1. The van der Waals surface area contributed by atoms with Crippen molar-refractivity contribution < 1.29 is 9.84 Å². The van der Waals surface area contributed by atoms with Gasteiger partial charge in [0.25, 0.3) is 0 Å². The van der Waals surface area contributed by atoms with Crippen LogP contribution in [0.2, 0.25) is 0 Å². The molecule has 0 bridgehead atoms. The second-order valence-corrected chi connectivity index (χ2v) is 5.03. The fourth-order valence-electron chi connectivity index (χ4n) is 1.86. The first-order chi connectivity index (χ1) is 8.69. The van der Waals surface area contributed by atoms with Gasteiger partial charge in [-0.15, -0.1) is 11.8 Å². The van der Waals surface area contributed by atoms with Crippen LogP contribution in [0.1, 0.15) is 11.7 Å². The SMILES string of the molecule is Nc1nc2c(C3CSC(CO)O3)cnn2c(=O)[nH]1. The van der Waals surface area contributed by atoms with E-state index >= 15 is 0 Å². The van der Waals surface area contributed by atoms with E-state index < -0.39 is 5.69 Å². The number of nitrogen functional groups attached to an aromatic ring is 1. The van der Waals surface area contributed by atoms with E-state index in [9.17, 15) is 4.79 Å². The lowest BCUT2D eigenvalue weighted by atomic mass is 10.2.